The number of aryl methyl sites for hydroxylation is 1. The van der Waals surface area contributed by atoms with Crippen molar-refractivity contribution in [2.75, 3.05) is 13.2 Å². The van der Waals surface area contributed by atoms with Gasteiger partial charge < -0.3 is 15.6 Å². The first-order valence-electron chi connectivity index (χ1n) is 14.2. The van der Waals surface area contributed by atoms with E-state index in [0.717, 1.165) is 10.5 Å². The largest absolute Gasteiger partial charge is 0.394 e. The molecule has 2 amide bonds. The van der Waals surface area contributed by atoms with Crippen molar-refractivity contribution in [2.24, 2.45) is 11.1 Å². The summed E-state index contributed by atoms with van der Waals surface area (Å²) in [6.45, 7) is 1.46. The molecule has 1 aliphatic carbocycles. The zero-order chi connectivity index (χ0) is 31.2. The first-order chi connectivity index (χ1) is 21.1. The van der Waals surface area contributed by atoms with Crippen LogP contribution in [0.3, 0.4) is 0 Å². The van der Waals surface area contributed by atoms with Crippen molar-refractivity contribution in [1.82, 2.24) is 19.7 Å². The molecule has 0 spiro atoms. The third kappa shape index (κ3) is 5.26. The van der Waals surface area contributed by atoms with Crippen LogP contribution in [0, 0.1) is 5.41 Å². The van der Waals surface area contributed by atoms with E-state index < -0.39 is 35.9 Å². The summed E-state index contributed by atoms with van der Waals surface area (Å²) in [5.41, 5.74) is 7.45. The van der Waals surface area contributed by atoms with Crippen LogP contribution in [0.5, 0.6) is 0 Å². The monoisotopic (exact) mass is 637 g/mol. The van der Waals surface area contributed by atoms with Gasteiger partial charge in [-0.2, -0.15) is 9.49 Å². The SMILES string of the molecule is CCn1ccc(C(CO)N2C(=O)c3c(ccc(-c4ccc(Cl)cc4)c3Cc3ccc(Cl)cn3)[C@]2(F)OCC2(C(N)=O)CC2)n1. The molecule has 6 rings (SSSR count). The van der Waals surface area contributed by atoms with Gasteiger partial charge in [-0.05, 0) is 72.9 Å². The average Bonchev–Trinajstić information content (AvgIpc) is 3.62. The van der Waals surface area contributed by atoms with E-state index >= 15 is 4.39 Å². The first kappa shape index (κ1) is 30.2. The molecule has 2 aliphatic rings. The predicted octanol–water partition coefficient (Wildman–Crippen LogP) is 5.41. The van der Waals surface area contributed by atoms with Crippen LogP contribution in [0.25, 0.3) is 11.1 Å². The van der Waals surface area contributed by atoms with Crippen LogP contribution in [0.2, 0.25) is 10.0 Å². The van der Waals surface area contributed by atoms with Crippen LogP contribution in [0.1, 0.15) is 58.7 Å². The van der Waals surface area contributed by atoms with Gasteiger partial charge in [0.05, 0.1) is 40.5 Å². The summed E-state index contributed by atoms with van der Waals surface area (Å²) in [6.07, 6.45) is 4.25. The lowest BCUT2D eigenvalue weighted by Crippen LogP contribution is -2.47. The van der Waals surface area contributed by atoms with Gasteiger partial charge in [0, 0.05) is 36.1 Å². The molecule has 3 N–H and O–H groups in total. The molecule has 0 saturated heterocycles. The molecule has 4 aromatic rings. The zero-order valence-corrected chi connectivity index (χ0v) is 25.4. The van der Waals surface area contributed by atoms with E-state index in [1.54, 1.807) is 47.3 Å². The lowest BCUT2D eigenvalue weighted by atomic mass is 9.89. The maximum absolute atomic E-state index is 17.7. The number of aromatic nitrogens is 3. The average molecular weight is 639 g/mol. The van der Waals surface area contributed by atoms with Crippen molar-refractivity contribution in [1.29, 1.82) is 0 Å². The molecule has 2 atom stereocenters. The Labute approximate surface area is 263 Å². The van der Waals surface area contributed by atoms with Gasteiger partial charge in [-0.15, -0.1) is 0 Å². The Bertz CT molecular complexity index is 1730. The van der Waals surface area contributed by atoms with Gasteiger partial charge in [0.2, 0.25) is 5.91 Å². The number of ether oxygens (including phenoxy) is 1. The number of pyridine rings is 1. The van der Waals surface area contributed by atoms with Gasteiger partial charge in [-0.3, -0.25) is 24.2 Å². The van der Waals surface area contributed by atoms with E-state index in [4.69, 9.17) is 33.7 Å². The Balaban J connectivity index is 1.54. The first-order valence-corrected chi connectivity index (χ1v) is 15.0. The Kier molecular flexibility index (Phi) is 7.96. The summed E-state index contributed by atoms with van der Waals surface area (Å²) in [7, 11) is 0. The lowest BCUT2D eigenvalue weighted by molar-refractivity contribution is -0.250. The minimum atomic E-state index is -2.85. The van der Waals surface area contributed by atoms with Crippen LogP contribution in [0.15, 0.2) is 67.0 Å². The van der Waals surface area contributed by atoms with E-state index in [1.807, 2.05) is 19.1 Å². The number of nitrogens with two attached hydrogens (primary N) is 1. The summed E-state index contributed by atoms with van der Waals surface area (Å²) in [5.74, 6) is -4.14. The topological polar surface area (TPSA) is 124 Å². The second-order valence-corrected chi connectivity index (χ2v) is 12.0. The highest BCUT2D eigenvalue weighted by atomic mass is 35.5. The van der Waals surface area contributed by atoms with E-state index in [9.17, 15) is 14.7 Å². The van der Waals surface area contributed by atoms with E-state index in [0.29, 0.717) is 46.3 Å². The minimum Gasteiger partial charge on any atom is -0.394 e. The number of halogens is 3. The molecule has 0 radical (unpaired) electrons. The number of carbonyl (C=O) groups is 2. The molecule has 1 saturated carbocycles. The van der Waals surface area contributed by atoms with Gasteiger partial charge in [0.1, 0.15) is 6.04 Å². The number of aliphatic hydroxyl groups excluding tert-OH is 1. The summed E-state index contributed by atoms with van der Waals surface area (Å²) < 4.78 is 25.3. The number of fused-ring (bicyclic) bond motifs is 1. The Morgan fingerprint density at radius 1 is 1.11 bits per heavy atom. The third-order valence-electron chi connectivity index (χ3n) is 8.42. The van der Waals surface area contributed by atoms with Gasteiger partial charge in [0.15, 0.2) is 0 Å². The molecule has 2 aromatic heterocycles. The number of rotatable bonds is 11. The molecule has 0 bridgehead atoms. The molecular weight excluding hydrogens is 608 g/mol. The smallest absolute Gasteiger partial charge is 0.321 e. The number of benzene rings is 2. The highest BCUT2D eigenvalue weighted by molar-refractivity contribution is 6.30. The molecule has 228 valence electrons. The van der Waals surface area contributed by atoms with Crippen molar-refractivity contribution < 1.29 is 23.8 Å². The maximum Gasteiger partial charge on any atom is 0.321 e. The highest BCUT2D eigenvalue weighted by Crippen LogP contribution is 2.52. The summed E-state index contributed by atoms with van der Waals surface area (Å²) in [5, 5.41) is 16.0. The second-order valence-electron chi connectivity index (χ2n) is 11.1. The van der Waals surface area contributed by atoms with Crippen LogP contribution in [0.4, 0.5) is 4.39 Å². The van der Waals surface area contributed by atoms with Gasteiger partial charge in [-0.25, -0.2) is 0 Å². The molecule has 9 nitrogen and oxygen atoms in total. The maximum atomic E-state index is 17.7. The number of nitrogens with zero attached hydrogens (tertiary/aromatic N) is 4. The molecule has 1 fully saturated rings. The van der Waals surface area contributed by atoms with Crippen molar-refractivity contribution >= 4 is 35.0 Å². The van der Waals surface area contributed by atoms with Gasteiger partial charge in [-0.1, -0.05) is 41.4 Å². The fourth-order valence-corrected chi connectivity index (χ4v) is 5.92. The number of primary amides is 1. The minimum absolute atomic E-state index is 0.0437. The number of carbonyl (C=O) groups excluding carboxylic acids is 2. The fourth-order valence-electron chi connectivity index (χ4n) is 5.68. The Morgan fingerprint density at radius 3 is 2.43 bits per heavy atom. The number of hydrogen-bond donors (Lipinski definition) is 2. The Hall–Kier alpha value is -3.83. The molecule has 44 heavy (non-hydrogen) atoms. The van der Waals surface area contributed by atoms with Gasteiger partial charge >= 0.3 is 5.98 Å². The second kappa shape index (κ2) is 11.6. The highest BCUT2D eigenvalue weighted by Gasteiger charge is 2.59. The molecule has 3 heterocycles. The van der Waals surface area contributed by atoms with Crippen LogP contribution < -0.4 is 5.73 Å². The number of aliphatic hydroxyl groups is 1. The summed E-state index contributed by atoms with van der Waals surface area (Å²) >= 11 is 12.2. The fraction of sp³-hybridized carbons (Fsp3) is 0.312. The molecule has 1 aliphatic heterocycles. The molecular formula is C32H30Cl2FN5O4. The normalized spacial score (nSPS) is 19.2. The van der Waals surface area contributed by atoms with Crippen molar-refractivity contribution in [3.63, 3.8) is 0 Å². The summed E-state index contributed by atoms with van der Waals surface area (Å²) in [6, 6.07) is 14.2. The number of alkyl halides is 1. The molecule has 12 heteroatoms. The van der Waals surface area contributed by atoms with Crippen LogP contribution in [-0.2, 0) is 28.5 Å². The standard InChI is InChI=1S/C32H30Cl2FN5O4/c1-2-39-14-11-26(38-39)27(17-41)40-29(42)28-24(15-22-8-7-21(34)16-37-22)23(19-3-5-20(33)6-4-19)9-10-25(28)32(40,35)44-18-31(12-13-31)30(36)43/h3-11,14,16,27,41H,2,12-13,15,17-18H2,1H3,(H2,36,43)/t27?,32-/m1/s1. The number of hydrogen-bond acceptors (Lipinski definition) is 6. The van der Waals surface area contributed by atoms with E-state index in [1.165, 1.54) is 12.3 Å². The predicted molar refractivity (Wildman–Crippen MR) is 162 cm³/mol. The quantitative estimate of drug-likeness (QED) is 0.212. The van der Waals surface area contributed by atoms with Crippen LogP contribution in [-0.4, -0.2) is 49.8 Å². The van der Waals surface area contributed by atoms with Crippen molar-refractivity contribution in [3.8, 4) is 11.1 Å². The number of amides is 2. The zero-order valence-electron chi connectivity index (χ0n) is 23.8. The molecule has 2 aromatic carbocycles. The molecule has 1 unspecified atom stereocenters. The van der Waals surface area contributed by atoms with Gasteiger partial charge in [0.25, 0.3) is 5.91 Å². The van der Waals surface area contributed by atoms with Crippen LogP contribution >= 0.6 is 23.2 Å². The van der Waals surface area contributed by atoms with Crippen molar-refractivity contribution in [3.05, 3.63) is 105 Å². The summed E-state index contributed by atoms with van der Waals surface area (Å²) in [4.78, 5) is 32.1. The lowest BCUT2D eigenvalue weighted by Gasteiger charge is -2.36. The van der Waals surface area contributed by atoms with Crippen molar-refractivity contribution in [2.45, 2.75) is 44.8 Å². The van der Waals surface area contributed by atoms with E-state index in [-0.39, 0.29) is 29.8 Å². The third-order valence-corrected chi connectivity index (χ3v) is 8.89. The van der Waals surface area contributed by atoms with E-state index in [2.05, 4.69) is 10.1 Å². The Morgan fingerprint density at radius 2 is 1.84 bits per heavy atom.